The molecule has 2 fully saturated rings. The van der Waals surface area contributed by atoms with Crippen molar-refractivity contribution in [1.29, 1.82) is 0 Å². The van der Waals surface area contributed by atoms with Crippen molar-refractivity contribution in [1.82, 2.24) is 9.88 Å². The van der Waals surface area contributed by atoms with Gasteiger partial charge >= 0.3 is 0 Å². The Morgan fingerprint density at radius 2 is 1.69 bits per heavy atom. The molecule has 1 saturated heterocycles. The molecule has 2 bridgehead atoms. The van der Waals surface area contributed by atoms with Crippen LogP contribution in [0.5, 0.6) is 0 Å². The average Bonchev–Trinajstić information content (AvgIpc) is 3.41. The number of benzene rings is 2. The van der Waals surface area contributed by atoms with Crippen LogP contribution in [0.4, 0.5) is 5.13 Å². The Labute approximate surface area is 215 Å². The zero-order valence-corrected chi connectivity index (χ0v) is 21.7. The van der Waals surface area contributed by atoms with Gasteiger partial charge in [-0.3, -0.25) is 19.3 Å². The molecule has 2 heterocycles. The minimum Gasteiger partial charge on any atom is -0.302 e. The minimum absolute atomic E-state index is 0.0803. The van der Waals surface area contributed by atoms with Gasteiger partial charge < -0.3 is 5.32 Å². The third kappa shape index (κ3) is 4.15. The zero-order valence-electron chi connectivity index (χ0n) is 20.9. The fraction of sp³-hybridized carbons (Fsp3) is 0.379. The van der Waals surface area contributed by atoms with Crippen molar-refractivity contribution in [3.8, 4) is 22.4 Å². The number of imide groups is 1. The average molecular weight is 502 g/mol. The van der Waals surface area contributed by atoms with Crippen LogP contribution < -0.4 is 5.32 Å². The van der Waals surface area contributed by atoms with Gasteiger partial charge in [-0.1, -0.05) is 75.4 Å². The number of carbonyl (C=O) groups excluding carboxylic acids is 3. The SMILES string of the molecule is CC12CCC(C(=O)N(CCCC(=O)Nc3nc(-c4ccc(-c5ccccc5)cc4)cs3)C1=O)C2(C)C. The highest BCUT2D eigenvalue weighted by Crippen LogP contribution is 2.60. The summed E-state index contributed by atoms with van der Waals surface area (Å²) in [6.45, 7) is 6.33. The number of likely N-dealkylation sites (tertiary alicyclic amines) is 1. The standard InChI is InChI=1S/C29H31N3O3S/c1-28(2)22-15-16-29(28,3)26(35)32(25(22)34)17-7-10-24(33)31-27-30-23(18-36-27)21-13-11-20(12-14-21)19-8-5-4-6-9-19/h4-6,8-9,11-14,18,22H,7,10,15-17H2,1-3H3,(H,30,31,33). The normalized spacial score (nSPS) is 22.6. The first-order valence-corrected chi connectivity index (χ1v) is 13.4. The maximum absolute atomic E-state index is 13.1. The molecule has 1 saturated carbocycles. The summed E-state index contributed by atoms with van der Waals surface area (Å²) in [5.74, 6) is -0.455. The number of hydrogen-bond donors (Lipinski definition) is 1. The molecule has 0 spiro atoms. The van der Waals surface area contributed by atoms with Gasteiger partial charge in [-0.25, -0.2) is 4.98 Å². The highest BCUT2D eigenvalue weighted by atomic mass is 32.1. The summed E-state index contributed by atoms with van der Waals surface area (Å²) in [7, 11) is 0. The van der Waals surface area contributed by atoms with Crippen LogP contribution >= 0.6 is 11.3 Å². The van der Waals surface area contributed by atoms with Gasteiger partial charge in [-0.2, -0.15) is 0 Å². The van der Waals surface area contributed by atoms with E-state index in [4.69, 9.17) is 0 Å². The molecule has 186 valence electrons. The molecule has 3 amide bonds. The number of aromatic nitrogens is 1. The third-order valence-corrected chi connectivity index (χ3v) is 9.09. The van der Waals surface area contributed by atoms with E-state index in [2.05, 4.69) is 34.6 Å². The van der Waals surface area contributed by atoms with E-state index >= 15 is 0 Å². The topological polar surface area (TPSA) is 79.4 Å². The molecule has 2 aliphatic rings. The van der Waals surface area contributed by atoms with Gasteiger partial charge in [-0.05, 0) is 35.8 Å². The number of rotatable bonds is 7. The molecule has 6 nitrogen and oxygen atoms in total. The van der Waals surface area contributed by atoms with E-state index < -0.39 is 5.41 Å². The van der Waals surface area contributed by atoms with Crippen molar-refractivity contribution < 1.29 is 14.4 Å². The summed E-state index contributed by atoms with van der Waals surface area (Å²) in [6.07, 6.45) is 2.16. The van der Waals surface area contributed by atoms with Crippen LogP contribution in [0.1, 0.15) is 46.5 Å². The van der Waals surface area contributed by atoms with Crippen molar-refractivity contribution in [3.05, 3.63) is 60.0 Å². The molecule has 1 aliphatic heterocycles. The van der Waals surface area contributed by atoms with Crippen LogP contribution in [0.3, 0.4) is 0 Å². The van der Waals surface area contributed by atoms with E-state index in [0.29, 0.717) is 11.6 Å². The first-order valence-electron chi connectivity index (χ1n) is 12.5. The van der Waals surface area contributed by atoms with Crippen molar-refractivity contribution in [2.45, 2.75) is 46.5 Å². The van der Waals surface area contributed by atoms with E-state index in [9.17, 15) is 14.4 Å². The quantitative estimate of drug-likeness (QED) is 0.402. The number of amides is 3. The van der Waals surface area contributed by atoms with Crippen LogP contribution in [0.2, 0.25) is 0 Å². The Morgan fingerprint density at radius 3 is 2.42 bits per heavy atom. The van der Waals surface area contributed by atoms with Crippen molar-refractivity contribution in [2.75, 3.05) is 11.9 Å². The molecular weight excluding hydrogens is 470 g/mol. The molecule has 1 N–H and O–H groups in total. The lowest BCUT2D eigenvalue weighted by Gasteiger charge is -2.47. The summed E-state index contributed by atoms with van der Waals surface area (Å²) in [5.41, 5.74) is 3.27. The molecule has 3 aromatic rings. The number of nitrogens with one attached hydrogen (secondary N) is 1. The van der Waals surface area contributed by atoms with Gasteiger partial charge in [-0.15, -0.1) is 11.3 Å². The molecule has 1 aliphatic carbocycles. The molecule has 0 radical (unpaired) electrons. The molecular formula is C29H31N3O3S. The highest BCUT2D eigenvalue weighted by molar-refractivity contribution is 7.14. The van der Waals surface area contributed by atoms with E-state index in [-0.39, 0.29) is 42.0 Å². The van der Waals surface area contributed by atoms with E-state index in [0.717, 1.165) is 35.2 Å². The molecule has 2 aromatic carbocycles. The summed E-state index contributed by atoms with van der Waals surface area (Å²) in [5, 5.41) is 5.33. The second-order valence-corrected chi connectivity index (χ2v) is 11.4. The second-order valence-electron chi connectivity index (χ2n) is 10.6. The second kappa shape index (κ2) is 9.28. The maximum atomic E-state index is 13.1. The summed E-state index contributed by atoms with van der Waals surface area (Å²) in [6, 6.07) is 18.4. The molecule has 2 unspecified atom stereocenters. The maximum Gasteiger partial charge on any atom is 0.235 e. The monoisotopic (exact) mass is 501 g/mol. The number of carbonyl (C=O) groups is 3. The van der Waals surface area contributed by atoms with Crippen molar-refractivity contribution in [3.63, 3.8) is 0 Å². The fourth-order valence-electron chi connectivity index (χ4n) is 5.62. The predicted octanol–water partition coefficient (Wildman–Crippen LogP) is 6.01. The Kier molecular flexibility index (Phi) is 6.29. The summed E-state index contributed by atoms with van der Waals surface area (Å²) >= 11 is 1.38. The van der Waals surface area contributed by atoms with Crippen LogP contribution in [-0.2, 0) is 14.4 Å². The van der Waals surface area contributed by atoms with Crippen LogP contribution in [0.15, 0.2) is 60.0 Å². The number of piperidine rings is 1. The van der Waals surface area contributed by atoms with Crippen LogP contribution in [0, 0.1) is 16.7 Å². The Hall–Kier alpha value is -3.32. The summed E-state index contributed by atoms with van der Waals surface area (Å²) in [4.78, 5) is 44.6. The van der Waals surface area contributed by atoms with Crippen LogP contribution in [-0.4, -0.2) is 34.2 Å². The van der Waals surface area contributed by atoms with E-state index in [1.54, 1.807) is 0 Å². The number of fused-ring (bicyclic) bond motifs is 2. The lowest BCUT2D eigenvalue weighted by Crippen LogP contribution is -2.59. The lowest BCUT2D eigenvalue weighted by molar-refractivity contribution is -0.168. The lowest BCUT2D eigenvalue weighted by atomic mass is 9.62. The van der Waals surface area contributed by atoms with E-state index in [1.165, 1.54) is 16.2 Å². The van der Waals surface area contributed by atoms with Gasteiger partial charge in [0.25, 0.3) is 0 Å². The first kappa shape index (κ1) is 24.4. The number of hydrogen-bond acceptors (Lipinski definition) is 5. The van der Waals surface area contributed by atoms with Gasteiger partial charge in [0, 0.05) is 29.8 Å². The summed E-state index contributed by atoms with van der Waals surface area (Å²) < 4.78 is 0. The Balaban J connectivity index is 1.15. The molecule has 2 atom stereocenters. The number of nitrogens with zero attached hydrogens (tertiary/aromatic N) is 2. The smallest absolute Gasteiger partial charge is 0.235 e. The molecule has 5 rings (SSSR count). The van der Waals surface area contributed by atoms with Gasteiger partial charge in [0.2, 0.25) is 17.7 Å². The third-order valence-electron chi connectivity index (χ3n) is 8.33. The number of thiazole rings is 1. The highest BCUT2D eigenvalue weighted by Gasteiger charge is 2.64. The van der Waals surface area contributed by atoms with Crippen molar-refractivity contribution >= 4 is 34.2 Å². The molecule has 7 heteroatoms. The zero-order chi connectivity index (χ0) is 25.5. The first-order chi connectivity index (χ1) is 17.2. The van der Waals surface area contributed by atoms with Crippen molar-refractivity contribution in [2.24, 2.45) is 16.7 Å². The Bertz CT molecular complexity index is 1300. The van der Waals surface area contributed by atoms with E-state index in [1.807, 2.05) is 56.5 Å². The predicted molar refractivity (Wildman–Crippen MR) is 142 cm³/mol. The van der Waals surface area contributed by atoms with Crippen LogP contribution in [0.25, 0.3) is 22.4 Å². The number of anilines is 1. The van der Waals surface area contributed by atoms with Gasteiger partial charge in [0.05, 0.1) is 11.1 Å². The molecule has 36 heavy (non-hydrogen) atoms. The fourth-order valence-corrected chi connectivity index (χ4v) is 6.36. The van der Waals surface area contributed by atoms with Gasteiger partial charge in [0.15, 0.2) is 5.13 Å². The minimum atomic E-state index is -0.510. The van der Waals surface area contributed by atoms with Gasteiger partial charge in [0.1, 0.15) is 0 Å². The largest absolute Gasteiger partial charge is 0.302 e. The Morgan fingerprint density at radius 1 is 1.03 bits per heavy atom. The molecule has 1 aromatic heterocycles.